The normalized spacial score (nSPS) is 13.8. The van der Waals surface area contributed by atoms with Crippen LogP contribution in [0.15, 0.2) is 18.2 Å². The third-order valence-electron chi connectivity index (χ3n) is 3.38. The van der Waals surface area contributed by atoms with Crippen molar-refractivity contribution in [2.24, 2.45) is 0 Å². The van der Waals surface area contributed by atoms with Crippen molar-refractivity contribution in [2.75, 3.05) is 26.9 Å². The highest BCUT2D eigenvalue weighted by Gasteiger charge is 2.22. The molecule has 0 radical (unpaired) electrons. The summed E-state index contributed by atoms with van der Waals surface area (Å²) in [5.74, 6) is 1.49. The third-order valence-corrected chi connectivity index (χ3v) is 3.38. The number of hydrogen-bond donors (Lipinski definition) is 2. The van der Waals surface area contributed by atoms with E-state index >= 15 is 0 Å². The van der Waals surface area contributed by atoms with Crippen LogP contribution in [-0.4, -0.2) is 37.5 Å². The summed E-state index contributed by atoms with van der Waals surface area (Å²) >= 11 is 0. The van der Waals surface area contributed by atoms with Crippen LogP contribution in [0.2, 0.25) is 0 Å². The minimum Gasteiger partial charge on any atom is -0.493 e. The van der Waals surface area contributed by atoms with Crippen molar-refractivity contribution in [3.8, 4) is 11.5 Å². The van der Waals surface area contributed by atoms with Gasteiger partial charge in [0.15, 0.2) is 11.5 Å². The zero-order chi connectivity index (χ0) is 15.0. The number of nitrogens with one attached hydrogen (secondary N) is 1. The summed E-state index contributed by atoms with van der Waals surface area (Å²) in [4.78, 5) is 0. The molecule has 1 unspecified atom stereocenters. The Hall–Kier alpha value is -1.26. The van der Waals surface area contributed by atoms with Crippen LogP contribution in [0.3, 0.4) is 0 Å². The van der Waals surface area contributed by atoms with E-state index in [0.29, 0.717) is 6.61 Å². The molecule has 0 aliphatic heterocycles. The van der Waals surface area contributed by atoms with Gasteiger partial charge in [-0.05, 0) is 44.5 Å². The van der Waals surface area contributed by atoms with Crippen molar-refractivity contribution < 1.29 is 14.6 Å². The molecule has 4 heteroatoms. The van der Waals surface area contributed by atoms with Gasteiger partial charge in [-0.25, -0.2) is 0 Å². The van der Waals surface area contributed by atoms with E-state index in [1.165, 1.54) is 0 Å². The van der Waals surface area contributed by atoms with Gasteiger partial charge in [0.2, 0.25) is 0 Å². The van der Waals surface area contributed by atoms with E-state index in [4.69, 9.17) is 9.47 Å². The summed E-state index contributed by atoms with van der Waals surface area (Å²) in [6.07, 6.45) is 1.78. The van der Waals surface area contributed by atoms with Gasteiger partial charge >= 0.3 is 0 Å². The van der Waals surface area contributed by atoms with E-state index in [-0.39, 0.29) is 12.1 Å². The largest absolute Gasteiger partial charge is 0.493 e. The van der Waals surface area contributed by atoms with Gasteiger partial charge in [-0.1, -0.05) is 13.0 Å². The fourth-order valence-corrected chi connectivity index (χ4v) is 1.93. The van der Waals surface area contributed by atoms with Crippen molar-refractivity contribution in [1.29, 1.82) is 0 Å². The van der Waals surface area contributed by atoms with E-state index in [9.17, 15) is 5.11 Å². The molecule has 0 spiro atoms. The van der Waals surface area contributed by atoms with E-state index in [1.54, 1.807) is 7.11 Å². The molecule has 1 rings (SSSR count). The molecule has 114 valence electrons. The van der Waals surface area contributed by atoms with Crippen LogP contribution in [0, 0.1) is 6.92 Å². The Morgan fingerprint density at radius 1 is 1.30 bits per heavy atom. The monoisotopic (exact) mass is 281 g/mol. The predicted molar refractivity (Wildman–Crippen MR) is 81.6 cm³/mol. The predicted octanol–water partition coefficient (Wildman–Crippen LogP) is 2.52. The molecule has 0 amide bonds. The summed E-state index contributed by atoms with van der Waals surface area (Å²) in [5.41, 5.74) is 0.840. The first-order valence-electron chi connectivity index (χ1n) is 7.18. The topological polar surface area (TPSA) is 50.7 Å². The quantitative estimate of drug-likeness (QED) is 0.730. The van der Waals surface area contributed by atoms with E-state index < -0.39 is 0 Å². The number of ether oxygens (including phenoxy) is 2. The van der Waals surface area contributed by atoms with Gasteiger partial charge in [0.1, 0.15) is 0 Å². The number of aryl methyl sites for hydroxylation is 1. The lowest BCUT2D eigenvalue weighted by Gasteiger charge is -2.28. The van der Waals surface area contributed by atoms with Crippen molar-refractivity contribution in [1.82, 2.24) is 5.32 Å². The molecule has 1 atom stereocenters. The van der Waals surface area contributed by atoms with Crippen LogP contribution in [0.5, 0.6) is 11.5 Å². The number of hydrogen-bond acceptors (Lipinski definition) is 4. The molecule has 0 aromatic heterocycles. The number of aliphatic hydroxyl groups is 1. The average molecular weight is 281 g/mol. The summed E-state index contributed by atoms with van der Waals surface area (Å²) in [5, 5.41) is 12.9. The minimum absolute atomic E-state index is 0.0986. The van der Waals surface area contributed by atoms with Crippen LogP contribution >= 0.6 is 0 Å². The summed E-state index contributed by atoms with van der Waals surface area (Å²) in [6, 6.07) is 5.87. The zero-order valence-electron chi connectivity index (χ0n) is 13.0. The first-order chi connectivity index (χ1) is 9.54. The standard InChI is InChI=1S/C16H27NO3/c1-5-9-17-16(3,12-18)8-10-20-14-7-6-13(2)11-15(14)19-4/h6-7,11,17-18H,5,8-10,12H2,1-4H3. The molecule has 0 bridgehead atoms. The smallest absolute Gasteiger partial charge is 0.161 e. The molecule has 20 heavy (non-hydrogen) atoms. The Morgan fingerprint density at radius 2 is 2.05 bits per heavy atom. The molecular formula is C16H27NO3. The Kier molecular flexibility index (Phi) is 6.82. The molecular weight excluding hydrogens is 254 g/mol. The van der Waals surface area contributed by atoms with Gasteiger partial charge in [-0.2, -0.15) is 0 Å². The highest BCUT2D eigenvalue weighted by atomic mass is 16.5. The molecule has 2 N–H and O–H groups in total. The molecule has 0 aliphatic rings. The van der Waals surface area contributed by atoms with Crippen molar-refractivity contribution in [3.05, 3.63) is 23.8 Å². The average Bonchev–Trinajstić information content (AvgIpc) is 2.46. The number of aliphatic hydroxyl groups excluding tert-OH is 1. The lowest BCUT2D eigenvalue weighted by atomic mass is 9.99. The van der Waals surface area contributed by atoms with Gasteiger partial charge in [0.25, 0.3) is 0 Å². The molecule has 1 aromatic rings. The molecule has 4 nitrogen and oxygen atoms in total. The SMILES string of the molecule is CCCNC(C)(CO)CCOc1ccc(C)cc1OC. The summed E-state index contributed by atoms with van der Waals surface area (Å²) in [7, 11) is 1.64. The van der Waals surface area contributed by atoms with Gasteiger partial charge in [0, 0.05) is 12.0 Å². The Labute approximate surface area is 122 Å². The first-order valence-corrected chi connectivity index (χ1v) is 7.18. The van der Waals surface area contributed by atoms with Gasteiger partial charge in [-0.3, -0.25) is 0 Å². The fraction of sp³-hybridized carbons (Fsp3) is 0.625. The first kappa shape index (κ1) is 16.8. The van der Waals surface area contributed by atoms with Crippen LogP contribution < -0.4 is 14.8 Å². The minimum atomic E-state index is -0.298. The molecule has 0 fully saturated rings. The zero-order valence-corrected chi connectivity index (χ0v) is 13.0. The maximum Gasteiger partial charge on any atom is 0.161 e. The van der Waals surface area contributed by atoms with E-state index in [1.807, 2.05) is 32.0 Å². The van der Waals surface area contributed by atoms with Crippen LogP contribution in [-0.2, 0) is 0 Å². The van der Waals surface area contributed by atoms with Crippen LogP contribution in [0.4, 0.5) is 0 Å². The number of rotatable bonds is 9. The Morgan fingerprint density at radius 3 is 2.65 bits per heavy atom. The molecule has 0 saturated heterocycles. The second kappa shape index (κ2) is 8.12. The Bertz CT molecular complexity index is 409. The number of benzene rings is 1. The Balaban J connectivity index is 2.54. The lowest BCUT2D eigenvalue weighted by molar-refractivity contribution is 0.143. The van der Waals surface area contributed by atoms with Crippen molar-refractivity contribution >= 4 is 0 Å². The summed E-state index contributed by atoms with van der Waals surface area (Å²) < 4.78 is 11.1. The fourth-order valence-electron chi connectivity index (χ4n) is 1.93. The van der Waals surface area contributed by atoms with Gasteiger partial charge in [0.05, 0.1) is 20.3 Å². The highest BCUT2D eigenvalue weighted by molar-refractivity contribution is 5.42. The molecule has 0 aliphatic carbocycles. The van der Waals surface area contributed by atoms with Gasteiger partial charge < -0.3 is 19.9 Å². The molecule has 1 aromatic carbocycles. The summed E-state index contributed by atoms with van der Waals surface area (Å²) in [6.45, 7) is 7.67. The maximum atomic E-state index is 9.50. The third kappa shape index (κ3) is 5.02. The molecule has 0 saturated carbocycles. The van der Waals surface area contributed by atoms with Crippen molar-refractivity contribution in [3.63, 3.8) is 0 Å². The lowest BCUT2D eigenvalue weighted by Crippen LogP contribution is -2.47. The van der Waals surface area contributed by atoms with E-state index in [0.717, 1.165) is 36.4 Å². The second-order valence-corrected chi connectivity index (χ2v) is 5.40. The maximum absolute atomic E-state index is 9.50. The number of methoxy groups -OCH3 is 1. The van der Waals surface area contributed by atoms with E-state index in [2.05, 4.69) is 12.2 Å². The van der Waals surface area contributed by atoms with Crippen LogP contribution in [0.1, 0.15) is 32.3 Å². The van der Waals surface area contributed by atoms with Gasteiger partial charge in [-0.15, -0.1) is 0 Å². The highest BCUT2D eigenvalue weighted by Crippen LogP contribution is 2.28. The second-order valence-electron chi connectivity index (χ2n) is 5.40. The molecule has 0 heterocycles. The van der Waals surface area contributed by atoms with Crippen molar-refractivity contribution in [2.45, 2.75) is 39.2 Å². The van der Waals surface area contributed by atoms with Crippen LogP contribution in [0.25, 0.3) is 0 Å².